The molecule has 0 spiro atoms. The summed E-state index contributed by atoms with van der Waals surface area (Å²) in [6.07, 6.45) is 3.25. The normalized spacial score (nSPS) is 13.7. The summed E-state index contributed by atoms with van der Waals surface area (Å²) in [5, 5.41) is 0. The molecule has 0 radical (unpaired) electrons. The lowest BCUT2D eigenvalue weighted by molar-refractivity contribution is 0.0642. The minimum absolute atomic E-state index is 0.235. The quantitative estimate of drug-likeness (QED) is 0.680. The molecule has 0 fully saturated rings. The maximum absolute atomic E-state index is 12.4. The van der Waals surface area contributed by atoms with Crippen molar-refractivity contribution in [2.75, 3.05) is 0 Å². The Hall–Kier alpha value is -3.08. The molecular weight excluding hydrogens is 278 g/mol. The van der Waals surface area contributed by atoms with Crippen LogP contribution >= 0.6 is 0 Å². The average molecular weight is 289 g/mol. The highest BCUT2D eigenvalue weighted by Gasteiger charge is 2.34. The van der Waals surface area contributed by atoms with E-state index in [9.17, 15) is 9.59 Å². The molecule has 5 heteroatoms. The van der Waals surface area contributed by atoms with Crippen LogP contribution in [0.4, 0.5) is 0 Å². The number of amides is 2. The third kappa shape index (κ3) is 1.87. The Balaban J connectivity index is 1.69. The lowest BCUT2D eigenvalue weighted by atomic mass is 10.1. The Morgan fingerprint density at radius 2 is 1.45 bits per heavy atom. The second kappa shape index (κ2) is 4.73. The first-order valence-corrected chi connectivity index (χ1v) is 6.89. The van der Waals surface area contributed by atoms with E-state index >= 15 is 0 Å². The highest BCUT2D eigenvalue weighted by molar-refractivity contribution is 6.21. The summed E-state index contributed by atoms with van der Waals surface area (Å²) >= 11 is 0. The van der Waals surface area contributed by atoms with Gasteiger partial charge in [0, 0.05) is 12.4 Å². The molecule has 2 aromatic carbocycles. The number of rotatable bonds is 2. The second-order valence-corrected chi connectivity index (χ2v) is 5.12. The molecule has 2 amide bonds. The van der Waals surface area contributed by atoms with Gasteiger partial charge in [0.2, 0.25) is 0 Å². The lowest BCUT2D eigenvalue weighted by Crippen LogP contribution is -2.29. The van der Waals surface area contributed by atoms with E-state index < -0.39 is 0 Å². The molecule has 1 aliphatic rings. The van der Waals surface area contributed by atoms with Crippen LogP contribution in [0.15, 0.2) is 54.9 Å². The van der Waals surface area contributed by atoms with Gasteiger partial charge >= 0.3 is 0 Å². The van der Waals surface area contributed by atoms with Crippen LogP contribution in [0.25, 0.3) is 11.0 Å². The maximum Gasteiger partial charge on any atom is 0.261 e. The molecule has 106 valence electrons. The standard InChI is InChI=1S/C17H11N3O2/c21-16-12-3-1-2-4-13(12)17(22)20(16)10-11-5-6-14-15(9-11)19-8-7-18-14/h1-9H,10H2. The largest absolute Gasteiger partial charge is 0.270 e. The predicted molar refractivity (Wildman–Crippen MR) is 80.2 cm³/mol. The number of aromatic nitrogens is 2. The number of fused-ring (bicyclic) bond motifs is 2. The van der Waals surface area contributed by atoms with E-state index in [0.29, 0.717) is 11.1 Å². The van der Waals surface area contributed by atoms with Crippen molar-refractivity contribution in [2.45, 2.75) is 6.54 Å². The maximum atomic E-state index is 12.4. The molecule has 0 atom stereocenters. The van der Waals surface area contributed by atoms with Crippen LogP contribution in [0.5, 0.6) is 0 Å². The van der Waals surface area contributed by atoms with E-state index in [-0.39, 0.29) is 18.4 Å². The van der Waals surface area contributed by atoms with E-state index in [1.54, 1.807) is 36.7 Å². The Kier molecular flexibility index (Phi) is 2.72. The molecule has 3 aromatic rings. The highest BCUT2D eigenvalue weighted by Crippen LogP contribution is 2.24. The van der Waals surface area contributed by atoms with Crippen LogP contribution in [0.3, 0.4) is 0 Å². The topological polar surface area (TPSA) is 63.2 Å². The summed E-state index contributed by atoms with van der Waals surface area (Å²) in [5.41, 5.74) is 3.31. The fourth-order valence-electron chi connectivity index (χ4n) is 2.67. The van der Waals surface area contributed by atoms with Gasteiger partial charge in [0.15, 0.2) is 0 Å². The van der Waals surface area contributed by atoms with Crippen molar-refractivity contribution in [2.24, 2.45) is 0 Å². The second-order valence-electron chi connectivity index (χ2n) is 5.12. The van der Waals surface area contributed by atoms with Crippen LogP contribution in [-0.2, 0) is 6.54 Å². The van der Waals surface area contributed by atoms with Crippen molar-refractivity contribution in [3.8, 4) is 0 Å². The molecule has 22 heavy (non-hydrogen) atoms. The summed E-state index contributed by atoms with van der Waals surface area (Å²) < 4.78 is 0. The van der Waals surface area contributed by atoms with Gasteiger partial charge in [-0.1, -0.05) is 18.2 Å². The number of imide groups is 1. The van der Waals surface area contributed by atoms with Gasteiger partial charge in [-0.3, -0.25) is 24.5 Å². The summed E-state index contributed by atoms with van der Waals surface area (Å²) in [6, 6.07) is 12.4. The fraction of sp³-hybridized carbons (Fsp3) is 0.0588. The lowest BCUT2D eigenvalue weighted by Gasteiger charge is -2.14. The molecule has 0 N–H and O–H groups in total. The van der Waals surface area contributed by atoms with Gasteiger partial charge in [-0.25, -0.2) is 0 Å². The van der Waals surface area contributed by atoms with Crippen LogP contribution in [0.2, 0.25) is 0 Å². The van der Waals surface area contributed by atoms with Crippen molar-refractivity contribution in [1.29, 1.82) is 0 Å². The van der Waals surface area contributed by atoms with E-state index in [1.165, 1.54) is 4.90 Å². The Morgan fingerprint density at radius 1 is 0.818 bits per heavy atom. The van der Waals surface area contributed by atoms with E-state index in [0.717, 1.165) is 16.6 Å². The monoisotopic (exact) mass is 289 g/mol. The van der Waals surface area contributed by atoms with Gasteiger partial charge < -0.3 is 0 Å². The van der Waals surface area contributed by atoms with Gasteiger partial charge in [0.25, 0.3) is 11.8 Å². The summed E-state index contributed by atoms with van der Waals surface area (Å²) in [4.78, 5) is 34.4. The molecule has 2 heterocycles. The van der Waals surface area contributed by atoms with Crippen LogP contribution < -0.4 is 0 Å². The molecule has 1 aromatic heterocycles. The van der Waals surface area contributed by atoms with Gasteiger partial charge in [-0.2, -0.15) is 0 Å². The van der Waals surface area contributed by atoms with E-state index in [2.05, 4.69) is 9.97 Å². The van der Waals surface area contributed by atoms with E-state index in [4.69, 9.17) is 0 Å². The number of benzene rings is 2. The van der Waals surface area contributed by atoms with Crippen molar-refractivity contribution in [3.63, 3.8) is 0 Å². The zero-order chi connectivity index (χ0) is 15.1. The summed E-state index contributed by atoms with van der Waals surface area (Å²) in [7, 11) is 0. The molecule has 0 unspecified atom stereocenters. The molecule has 4 rings (SSSR count). The average Bonchev–Trinajstić information content (AvgIpc) is 2.80. The summed E-state index contributed by atoms with van der Waals surface area (Å²) in [5.74, 6) is -0.500. The first kappa shape index (κ1) is 12.6. The molecule has 5 nitrogen and oxygen atoms in total. The SMILES string of the molecule is O=C1c2ccccc2C(=O)N1Cc1ccc2nccnc2c1. The van der Waals surface area contributed by atoms with E-state index in [1.807, 2.05) is 18.2 Å². The van der Waals surface area contributed by atoms with Gasteiger partial charge in [0.1, 0.15) is 0 Å². The van der Waals surface area contributed by atoms with Crippen molar-refractivity contribution >= 4 is 22.8 Å². The molecule has 0 saturated heterocycles. The molecule has 0 bridgehead atoms. The number of hydrogen-bond donors (Lipinski definition) is 0. The fourth-order valence-corrected chi connectivity index (χ4v) is 2.67. The molecule has 0 saturated carbocycles. The third-order valence-corrected chi connectivity index (χ3v) is 3.75. The third-order valence-electron chi connectivity index (χ3n) is 3.75. The van der Waals surface area contributed by atoms with Crippen molar-refractivity contribution < 1.29 is 9.59 Å². The Labute approximate surface area is 126 Å². The zero-order valence-electron chi connectivity index (χ0n) is 11.6. The highest BCUT2D eigenvalue weighted by atomic mass is 16.2. The molecule has 1 aliphatic heterocycles. The van der Waals surface area contributed by atoms with Crippen molar-refractivity contribution in [3.05, 3.63) is 71.5 Å². The predicted octanol–water partition coefficient (Wildman–Crippen LogP) is 2.43. The minimum Gasteiger partial charge on any atom is -0.270 e. The number of hydrogen-bond acceptors (Lipinski definition) is 4. The first-order valence-electron chi connectivity index (χ1n) is 6.89. The number of nitrogens with zero attached hydrogens (tertiary/aromatic N) is 3. The van der Waals surface area contributed by atoms with Gasteiger partial charge in [0.05, 0.1) is 28.7 Å². The number of carbonyl (C=O) groups excluding carboxylic acids is 2. The summed E-state index contributed by atoms with van der Waals surface area (Å²) in [6.45, 7) is 0.235. The Morgan fingerprint density at radius 3 is 2.14 bits per heavy atom. The van der Waals surface area contributed by atoms with Crippen LogP contribution in [0, 0.1) is 0 Å². The van der Waals surface area contributed by atoms with Gasteiger partial charge in [-0.05, 0) is 29.8 Å². The molecular formula is C17H11N3O2. The molecule has 0 aliphatic carbocycles. The van der Waals surface area contributed by atoms with Gasteiger partial charge in [-0.15, -0.1) is 0 Å². The zero-order valence-corrected chi connectivity index (χ0v) is 11.6. The first-order chi connectivity index (χ1) is 10.7. The van der Waals surface area contributed by atoms with Crippen LogP contribution in [0.1, 0.15) is 26.3 Å². The van der Waals surface area contributed by atoms with Crippen molar-refractivity contribution in [1.82, 2.24) is 14.9 Å². The number of carbonyl (C=O) groups is 2. The van der Waals surface area contributed by atoms with Crippen LogP contribution in [-0.4, -0.2) is 26.7 Å². The Bertz CT molecular complexity index is 885. The minimum atomic E-state index is -0.250. The smallest absolute Gasteiger partial charge is 0.261 e.